The fraction of sp³-hybridized carbons (Fsp3) is 0.917. The number of rotatable bonds is 8. The number of ether oxygens (including phenoxy) is 1. The predicted octanol–water partition coefficient (Wildman–Crippen LogP) is 3.20. The Labute approximate surface area is 88.0 Å². The summed E-state index contributed by atoms with van der Waals surface area (Å²) in [4.78, 5) is 11.7. The third-order valence-corrected chi connectivity index (χ3v) is 2.48. The molecule has 0 N–H and O–H groups in total. The Balaban J connectivity index is 4.15. The van der Waals surface area contributed by atoms with E-state index in [0.29, 0.717) is 18.9 Å². The molecule has 2 unspecified atom stereocenters. The molecule has 0 fully saturated rings. The van der Waals surface area contributed by atoms with E-state index in [9.17, 15) is 4.79 Å². The Morgan fingerprint density at radius 3 is 2.29 bits per heavy atom. The molecular weight excluding hydrogens is 176 g/mol. The molecule has 0 heterocycles. The summed E-state index contributed by atoms with van der Waals surface area (Å²) in [5, 5.41) is 0. The van der Waals surface area contributed by atoms with Gasteiger partial charge >= 0.3 is 0 Å². The third kappa shape index (κ3) is 4.75. The maximum absolute atomic E-state index is 11.7. The molecule has 14 heavy (non-hydrogen) atoms. The molecule has 84 valence electrons. The van der Waals surface area contributed by atoms with Gasteiger partial charge in [0.1, 0.15) is 6.10 Å². The Morgan fingerprint density at radius 2 is 1.86 bits per heavy atom. The molecule has 2 heteroatoms. The minimum absolute atomic E-state index is 0.167. The lowest BCUT2D eigenvalue weighted by Crippen LogP contribution is -2.31. The fourth-order valence-electron chi connectivity index (χ4n) is 1.42. The zero-order valence-electron chi connectivity index (χ0n) is 10.0. The van der Waals surface area contributed by atoms with Crippen molar-refractivity contribution in [2.45, 2.75) is 59.5 Å². The molecule has 0 bridgehead atoms. The number of hydrogen-bond acceptors (Lipinski definition) is 2. The minimum atomic E-state index is -0.167. The number of hydrogen-bond donors (Lipinski definition) is 0. The summed E-state index contributed by atoms with van der Waals surface area (Å²) >= 11 is 0. The van der Waals surface area contributed by atoms with Crippen LogP contribution in [0.1, 0.15) is 53.4 Å². The van der Waals surface area contributed by atoms with Crippen LogP contribution in [0.3, 0.4) is 0 Å². The molecule has 0 aromatic carbocycles. The van der Waals surface area contributed by atoms with E-state index in [0.717, 1.165) is 19.3 Å². The second-order valence-corrected chi connectivity index (χ2v) is 3.89. The van der Waals surface area contributed by atoms with Gasteiger partial charge in [-0.05, 0) is 18.8 Å². The Hall–Kier alpha value is -0.370. The van der Waals surface area contributed by atoms with Crippen molar-refractivity contribution in [1.82, 2.24) is 0 Å². The van der Waals surface area contributed by atoms with Crippen LogP contribution < -0.4 is 0 Å². The lowest BCUT2D eigenvalue weighted by Gasteiger charge is -2.21. The molecule has 2 atom stereocenters. The Bertz CT molecular complexity index is 154. The molecule has 0 aliphatic rings. The molecular formula is C12H24O2. The van der Waals surface area contributed by atoms with Crippen molar-refractivity contribution >= 4 is 5.78 Å². The number of ketones is 1. The maximum Gasteiger partial charge on any atom is 0.161 e. The van der Waals surface area contributed by atoms with Gasteiger partial charge in [-0.15, -0.1) is 0 Å². The number of Topliss-reactive ketones (excluding diaryl/α,β-unsaturated/α-hetero) is 1. The maximum atomic E-state index is 11.7. The highest BCUT2D eigenvalue weighted by atomic mass is 16.5. The highest BCUT2D eigenvalue weighted by molar-refractivity contribution is 5.83. The van der Waals surface area contributed by atoms with Crippen LogP contribution in [-0.4, -0.2) is 18.5 Å². The van der Waals surface area contributed by atoms with Crippen molar-refractivity contribution in [1.29, 1.82) is 0 Å². The lowest BCUT2D eigenvalue weighted by molar-refractivity contribution is -0.134. The van der Waals surface area contributed by atoms with Crippen LogP contribution in [0.4, 0.5) is 0 Å². The van der Waals surface area contributed by atoms with Crippen molar-refractivity contribution in [2.75, 3.05) is 6.61 Å². The third-order valence-electron chi connectivity index (χ3n) is 2.48. The van der Waals surface area contributed by atoms with Gasteiger partial charge in [0, 0.05) is 13.0 Å². The first kappa shape index (κ1) is 13.6. The summed E-state index contributed by atoms with van der Waals surface area (Å²) in [5.41, 5.74) is 0. The number of carbonyl (C=O) groups excluding carboxylic acids is 1. The summed E-state index contributed by atoms with van der Waals surface area (Å²) in [6, 6.07) is 0. The molecule has 0 radical (unpaired) electrons. The standard InChI is InChI=1S/C12H24O2/c1-5-8-11(13)12(10(4)7-3)14-9-6-2/h10,12H,5-9H2,1-4H3. The summed E-state index contributed by atoms with van der Waals surface area (Å²) in [6.45, 7) is 8.99. The molecule has 0 rings (SSSR count). The lowest BCUT2D eigenvalue weighted by atomic mass is 9.96. The van der Waals surface area contributed by atoms with Crippen molar-refractivity contribution in [2.24, 2.45) is 5.92 Å². The van der Waals surface area contributed by atoms with Gasteiger partial charge in [-0.25, -0.2) is 0 Å². The second kappa shape index (κ2) is 7.98. The van der Waals surface area contributed by atoms with Crippen LogP contribution in [0.5, 0.6) is 0 Å². The van der Waals surface area contributed by atoms with Gasteiger partial charge in [-0.3, -0.25) is 4.79 Å². The van der Waals surface area contributed by atoms with E-state index in [1.54, 1.807) is 0 Å². The first-order valence-electron chi connectivity index (χ1n) is 5.81. The monoisotopic (exact) mass is 200 g/mol. The number of carbonyl (C=O) groups is 1. The minimum Gasteiger partial charge on any atom is -0.370 e. The van der Waals surface area contributed by atoms with Gasteiger partial charge < -0.3 is 4.74 Å². The van der Waals surface area contributed by atoms with E-state index in [4.69, 9.17) is 4.74 Å². The van der Waals surface area contributed by atoms with E-state index in [1.165, 1.54) is 0 Å². The normalized spacial score (nSPS) is 15.1. The van der Waals surface area contributed by atoms with Crippen LogP contribution in [0.2, 0.25) is 0 Å². The molecule has 0 aliphatic carbocycles. The summed E-state index contributed by atoms with van der Waals surface area (Å²) in [6.07, 6.45) is 3.38. The van der Waals surface area contributed by atoms with Gasteiger partial charge in [0.05, 0.1) is 0 Å². The van der Waals surface area contributed by atoms with Crippen LogP contribution >= 0.6 is 0 Å². The zero-order valence-corrected chi connectivity index (χ0v) is 10.0. The summed E-state index contributed by atoms with van der Waals surface area (Å²) in [7, 11) is 0. The zero-order chi connectivity index (χ0) is 11.0. The van der Waals surface area contributed by atoms with E-state index in [-0.39, 0.29) is 11.9 Å². The molecule has 0 saturated heterocycles. The van der Waals surface area contributed by atoms with Gasteiger partial charge in [0.2, 0.25) is 0 Å². The summed E-state index contributed by atoms with van der Waals surface area (Å²) in [5.74, 6) is 0.621. The van der Waals surface area contributed by atoms with Crippen molar-refractivity contribution in [3.63, 3.8) is 0 Å². The molecule has 0 aromatic rings. The highest BCUT2D eigenvalue weighted by Crippen LogP contribution is 2.15. The molecule has 0 aliphatic heterocycles. The average Bonchev–Trinajstić information content (AvgIpc) is 2.18. The van der Waals surface area contributed by atoms with Gasteiger partial charge in [0.15, 0.2) is 5.78 Å². The van der Waals surface area contributed by atoms with Crippen LogP contribution in [0, 0.1) is 5.92 Å². The molecule has 0 amide bonds. The Morgan fingerprint density at radius 1 is 1.21 bits per heavy atom. The van der Waals surface area contributed by atoms with Gasteiger partial charge in [0.25, 0.3) is 0 Å². The van der Waals surface area contributed by atoms with Crippen LogP contribution in [-0.2, 0) is 9.53 Å². The first-order valence-corrected chi connectivity index (χ1v) is 5.81. The van der Waals surface area contributed by atoms with E-state index in [1.807, 2.05) is 6.92 Å². The second-order valence-electron chi connectivity index (χ2n) is 3.89. The van der Waals surface area contributed by atoms with E-state index in [2.05, 4.69) is 20.8 Å². The van der Waals surface area contributed by atoms with Crippen LogP contribution in [0.25, 0.3) is 0 Å². The molecule has 0 saturated carbocycles. The van der Waals surface area contributed by atoms with Gasteiger partial charge in [-0.1, -0.05) is 34.1 Å². The van der Waals surface area contributed by atoms with E-state index < -0.39 is 0 Å². The van der Waals surface area contributed by atoms with Crippen LogP contribution in [0.15, 0.2) is 0 Å². The van der Waals surface area contributed by atoms with Crippen molar-refractivity contribution in [3.05, 3.63) is 0 Å². The Kier molecular flexibility index (Phi) is 7.77. The van der Waals surface area contributed by atoms with Crippen molar-refractivity contribution < 1.29 is 9.53 Å². The molecule has 2 nitrogen and oxygen atoms in total. The topological polar surface area (TPSA) is 26.3 Å². The largest absolute Gasteiger partial charge is 0.370 e. The average molecular weight is 200 g/mol. The molecule has 0 spiro atoms. The predicted molar refractivity (Wildman–Crippen MR) is 59.4 cm³/mol. The smallest absolute Gasteiger partial charge is 0.161 e. The SMILES string of the molecule is CCCOC(C(=O)CCC)C(C)CC. The highest BCUT2D eigenvalue weighted by Gasteiger charge is 2.23. The first-order chi connectivity index (χ1) is 6.67. The van der Waals surface area contributed by atoms with Gasteiger partial charge in [-0.2, -0.15) is 0 Å². The quantitative estimate of drug-likeness (QED) is 0.601. The molecule has 0 aromatic heterocycles. The van der Waals surface area contributed by atoms with E-state index >= 15 is 0 Å². The summed E-state index contributed by atoms with van der Waals surface area (Å²) < 4.78 is 5.61. The fourth-order valence-corrected chi connectivity index (χ4v) is 1.42. The van der Waals surface area contributed by atoms with Crippen molar-refractivity contribution in [3.8, 4) is 0 Å².